The van der Waals surface area contributed by atoms with E-state index in [-0.39, 0.29) is 5.56 Å². The summed E-state index contributed by atoms with van der Waals surface area (Å²) in [7, 11) is 0. The Morgan fingerprint density at radius 2 is 1.71 bits per heavy atom. The van der Waals surface area contributed by atoms with Crippen LogP contribution in [-0.4, -0.2) is 15.9 Å². The SMILES string of the molecule is Cc1nc2ccccc2c(=O)n1N=Cc1ccc2ccccc2c1. The van der Waals surface area contributed by atoms with Crippen LogP contribution in [0.4, 0.5) is 0 Å². The van der Waals surface area contributed by atoms with Gasteiger partial charge in [0.25, 0.3) is 5.56 Å². The van der Waals surface area contributed by atoms with E-state index in [1.165, 1.54) is 10.1 Å². The fourth-order valence-corrected chi connectivity index (χ4v) is 2.78. The highest BCUT2D eigenvalue weighted by Gasteiger charge is 2.06. The van der Waals surface area contributed by atoms with Gasteiger partial charge in [-0.1, -0.05) is 48.5 Å². The van der Waals surface area contributed by atoms with Gasteiger partial charge in [-0.05, 0) is 41.5 Å². The van der Waals surface area contributed by atoms with Crippen molar-refractivity contribution in [2.45, 2.75) is 6.92 Å². The van der Waals surface area contributed by atoms with E-state index in [4.69, 9.17) is 0 Å². The second-order valence-electron chi connectivity index (χ2n) is 5.64. The van der Waals surface area contributed by atoms with Crippen LogP contribution in [0.2, 0.25) is 0 Å². The maximum atomic E-state index is 12.6. The molecule has 0 saturated heterocycles. The molecule has 0 unspecified atom stereocenters. The van der Waals surface area contributed by atoms with Crippen LogP contribution in [0.3, 0.4) is 0 Å². The zero-order valence-electron chi connectivity index (χ0n) is 13.2. The first-order valence-corrected chi connectivity index (χ1v) is 7.74. The van der Waals surface area contributed by atoms with Crippen molar-refractivity contribution in [1.82, 2.24) is 9.66 Å². The summed E-state index contributed by atoms with van der Waals surface area (Å²) in [6.45, 7) is 1.78. The average molecular weight is 313 g/mol. The maximum Gasteiger partial charge on any atom is 0.282 e. The molecule has 4 nitrogen and oxygen atoms in total. The molecule has 1 heterocycles. The zero-order chi connectivity index (χ0) is 16.5. The van der Waals surface area contributed by atoms with E-state index in [2.05, 4.69) is 22.2 Å². The summed E-state index contributed by atoms with van der Waals surface area (Å²) in [4.78, 5) is 17.0. The van der Waals surface area contributed by atoms with Crippen LogP contribution in [0.1, 0.15) is 11.4 Å². The fraction of sp³-hybridized carbons (Fsp3) is 0.0500. The van der Waals surface area contributed by atoms with Crippen LogP contribution < -0.4 is 5.56 Å². The topological polar surface area (TPSA) is 47.2 Å². The third-order valence-electron chi connectivity index (χ3n) is 4.01. The van der Waals surface area contributed by atoms with Crippen molar-refractivity contribution >= 4 is 27.9 Å². The van der Waals surface area contributed by atoms with Gasteiger partial charge in [0.05, 0.1) is 17.1 Å². The molecular weight excluding hydrogens is 298 g/mol. The van der Waals surface area contributed by atoms with Gasteiger partial charge in [-0.3, -0.25) is 4.79 Å². The third kappa shape index (κ3) is 2.48. The molecule has 3 aromatic carbocycles. The molecule has 0 radical (unpaired) electrons. The summed E-state index contributed by atoms with van der Waals surface area (Å²) in [5, 5.41) is 7.23. The predicted molar refractivity (Wildman–Crippen MR) is 97.7 cm³/mol. The Bertz CT molecular complexity index is 1140. The zero-order valence-corrected chi connectivity index (χ0v) is 13.2. The molecule has 0 aliphatic heterocycles. The Morgan fingerprint density at radius 3 is 2.58 bits per heavy atom. The molecule has 0 aliphatic rings. The highest BCUT2D eigenvalue weighted by atomic mass is 16.1. The average Bonchev–Trinajstić information content (AvgIpc) is 2.61. The first-order chi connectivity index (χ1) is 11.7. The van der Waals surface area contributed by atoms with Crippen LogP contribution in [0.25, 0.3) is 21.7 Å². The van der Waals surface area contributed by atoms with Crippen molar-refractivity contribution in [3.63, 3.8) is 0 Å². The summed E-state index contributed by atoms with van der Waals surface area (Å²) < 4.78 is 1.34. The molecule has 0 amide bonds. The quantitative estimate of drug-likeness (QED) is 0.529. The van der Waals surface area contributed by atoms with Gasteiger partial charge in [0.15, 0.2) is 0 Å². The minimum absolute atomic E-state index is 0.157. The minimum Gasteiger partial charge on any atom is -0.267 e. The Labute approximate surface area is 138 Å². The van der Waals surface area contributed by atoms with Gasteiger partial charge >= 0.3 is 0 Å². The number of hydrogen-bond acceptors (Lipinski definition) is 3. The lowest BCUT2D eigenvalue weighted by atomic mass is 10.1. The molecule has 0 atom stereocenters. The van der Waals surface area contributed by atoms with E-state index in [0.29, 0.717) is 16.7 Å². The maximum absolute atomic E-state index is 12.6. The van der Waals surface area contributed by atoms with Crippen molar-refractivity contribution in [2.24, 2.45) is 5.10 Å². The summed E-state index contributed by atoms with van der Waals surface area (Å²) in [6.07, 6.45) is 1.69. The summed E-state index contributed by atoms with van der Waals surface area (Å²) in [5.74, 6) is 0.565. The molecule has 4 aromatic rings. The number of benzene rings is 3. The molecular formula is C20H15N3O. The van der Waals surface area contributed by atoms with Crippen LogP contribution in [0, 0.1) is 6.92 Å². The number of fused-ring (bicyclic) bond motifs is 2. The first kappa shape index (κ1) is 14.3. The number of hydrogen-bond donors (Lipinski definition) is 0. The van der Waals surface area contributed by atoms with Crippen molar-refractivity contribution in [1.29, 1.82) is 0 Å². The molecule has 0 aliphatic carbocycles. The lowest BCUT2D eigenvalue weighted by Crippen LogP contribution is -2.20. The van der Waals surface area contributed by atoms with E-state index in [9.17, 15) is 4.79 Å². The second-order valence-corrected chi connectivity index (χ2v) is 5.64. The van der Waals surface area contributed by atoms with E-state index in [0.717, 1.165) is 10.9 Å². The number of rotatable bonds is 2. The molecule has 0 spiro atoms. The van der Waals surface area contributed by atoms with Crippen molar-refractivity contribution in [3.05, 3.63) is 88.5 Å². The molecule has 24 heavy (non-hydrogen) atoms. The largest absolute Gasteiger partial charge is 0.282 e. The Hall–Kier alpha value is -3.27. The highest BCUT2D eigenvalue weighted by Crippen LogP contribution is 2.14. The van der Waals surface area contributed by atoms with Crippen molar-refractivity contribution in [2.75, 3.05) is 0 Å². The molecule has 0 fully saturated rings. The van der Waals surface area contributed by atoms with Crippen molar-refractivity contribution in [3.8, 4) is 0 Å². The molecule has 0 saturated carbocycles. The molecule has 4 heteroatoms. The Balaban J connectivity index is 1.80. The predicted octanol–water partition coefficient (Wildman–Crippen LogP) is 3.74. The van der Waals surface area contributed by atoms with Gasteiger partial charge in [0.2, 0.25) is 0 Å². The monoisotopic (exact) mass is 313 g/mol. The van der Waals surface area contributed by atoms with E-state index in [1.807, 2.05) is 48.5 Å². The second kappa shape index (κ2) is 5.74. The molecule has 0 N–H and O–H groups in total. The van der Waals surface area contributed by atoms with E-state index in [1.54, 1.807) is 19.2 Å². The van der Waals surface area contributed by atoms with Gasteiger partial charge in [-0.15, -0.1) is 0 Å². The molecule has 4 rings (SSSR count). The highest BCUT2D eigenvalue weighted by molar-refractivity contribution is 5.90. The number of aromatic nitrogens is 2. The number of nitrogens with zero attached hydrogens (tertiary/aromatic N) is 3. The Morgan fingerprint density at radius 1 is 0.958 bits per heavy atom. The Kier molecular flexibility index (Phi) is 3.43. The van der Waals surface area contributed by atoms with E-state index >= 15 is 0 Å². The van der Waals surface area contributed by atoms with Crippen LogP contribution in [0.15, 0.2) is 76.6 Å². The normalized spacial score (nSPS) is 11.5. The summed E-state index contributed by atoms with van der Waals surface area (Å²) in [6, 6.07) is 21.5. The third-order valence-corrected chi connectivity index (χ3v) is 4.01. The standard InChI is InChI=1S/C20H15N3O/c1-14-22-19-9-5-4-8-18(19)20(24)23(14)21-13-15-10-11-16-6-2-3-7-17(16)12-15/h2-13H,1H3. The first-order valence-electron chi connectivity index (χ1n) is 7.74. The van der Waals surface area contributed by atoms with Gasteiger partial charge < -0.3 is 0 Å². The van der Waals surface area contributed by atoms with Gasteiger partial charge in [0.1, 0.15) is 5.82 Å². The fourth-order valence-electron chi connectivity index (χ4n) is 2.78. The van der Waals surface area contributed by atoms with Gasteiger partial charge in [-0.2, -0.15) is 9.78 Å². The van der Waals surface area contributed by atoms with E-state index < -0.39 is 0 Å². The summed E-state index contributed by atoms with van der Waals surface area (Å²) in [5.41, 5.74) is 1.47. The van der Waals surface area contributed by atoms with Crippen LogP contribution in [0.5, 0.6) is 0 Å². The lowest BCUT2D eigenvalue weighted by molar-refractivity contribution is 0.771. The number of aryl methyl sites for hydroxylation is 1. The number of para-hydroxylation sites is 1. The molecule has 0 bridgehead atoms. The van der Waals surface area contributed by atoms with Gasteiger partial charge in [0, 0.05) is 0 Å². The van der Waals surface area contributed by atoms with Crippen LogP contribution >= 0.6 is 0 Å². The minimum atomic E-state index is -0.157. The molecule has 116 valence electrons. The summed E-state index contributed by atoms with van der Waals surface area (Å²) >= 11 is 0. The van der Waals surface area contributed by atoms with Crippen LogP contribution in [-0.2, 0) is 0 Å². The van der Waals surface area contributed by atoms with Gasteiger partial charge in [-0.25, -0.2) is 4.98 Å². The smallest absolute Gasteiger partial charge is 0.267 e. The lowest BCUT2D eigenvalue weighted by Gasteiger charge is -2.05. The molecule has 1 aromatic heterocycles. The van der Waals surface area contributed by atoms with Crippen molar-refractivity contribution < 1.29 is 0 Å².